The number of nitrogens with zero attached hydrogens (tertiary/aromatic N) is 4. The van der Waals surface area contributed by atoms with Gasteiger partial charge in [-0.05, 0) is 38.1 Å². The van der Waals surface area contributed by atoms with Crippen LogP contribution < -0.4 is 5.32 Å². The van der Waals surface area contributed by atoms with Crippen molar-refractivity contribution in [2.24, 2.45) is 0 Å². The van der Waals surface area contributed by atoms with Gasteiger partial charge in [0.2, 0.25) is 5.91 Å². The number of nitro benzene ring substituents is 1. The Labute approximate surface area is 194 Å². The molecule has 1 N–H and O–H groups in total. The zero-order chi connectivity index (χ0) is 23.4. The van der Waals surface area contributed by atoms with Crippen LogP contribution in [0.15, 0.2) is 84.0 Å². The third kappa shape index (κ3) is 5.09. The Morgan fingerprint density at radius 2 is 1.67 bits per heavy atom. The van der Waals surface area contributed by atoms with E-state index in [4.69, 9.17) is 0 Å². The molecule has 1 heterocycles. The molecule has 4 rings (SSSR count). The number of aromatic nitrogens is 3. The first-order valence-corrected chi connectivity index (χ1v) is 11.1. The van der Waals surface area contributed by atoms with E-state index in [-0.39, 0.29) is 11.6 Å². The van der Waals surface area contributed by atoms with Crippen molar-refractivity contribution < 1.29 is 9.72 Å². The van der Waals surface area contributed by atoms with Crippen LogP contribution in [0.5, 0.6) is 0 Å². The van der Waals surface area contributed by atoms with Gasteiger partial charge in [-0.3, -0.25) is 19.5 Å². The maximum absolute atomic E-state index is 12.8. The van der Waals surface area contributed by atoms with Gasteiger partial charge in [0, 0.05) is 29.1 Å². The minimum Gasteiger partial charge on any atom is -0.325 e. The van der Waals surface area contributed by atoms with Crippen LogP contribution in [-0.4, -0.2) is 30.8 Å². The summed E-state index contributed by atoms with van der Waals surface area (Å²) in [5.41, 5.74) is 3.42. The van der Waals surface area contributed by atoms with Gasteiger partial charge in [0.1, 0.15) is 0 Å². The summed E-state index contributed by atoms with van der Waals surface area (Å²) < 4.78 is 1.94. The van der Waals surface area contributed by atoms with Gasteiger partial charge in [-0.25, -0.2) is 0 Å². The highest BCUT2D eigenvalue weighted by atomic mass is 32.2. The Hall–Kier alpha value is -3.98. The third-order valence-corrected chi connectivity index (χ3v) is 6.00. The highest BCUT2D eigenvalue weighted by Gasteiger charge is 2.22. The second kappa shape index (κ2) is 9.66. The lowest BCUT2D eigenvalue weighted by Crippen LogP contribution is -2.22. The summed E-state index contributed by atoms with van der Waals surface area (Å²) in [7, 11) is 0. The first-order valence-electron chi connectivity index (χ1n) is 10.2. The molecule has 1 atom stereocenters. The number of carbonyl (C=O) groups is 1. The molecular weight excluding hydrogens is 438 g/mol. The Balaban J connectivity index is 1.58. The van der Waals surface area contributed by atoms with Gasteiger partial charge in [-0.1, -0.05) is 59.8 Å². The summed E-state index contributed by atoms with van der Waals surface area (Å²) in [4.78, 5) is 23.1. The molecule has 0 aliphatic heterocycles. The van der Waals surface area contributed by atoms with E-state index in [1.54, 1.807) is 6.92 Å². The van der Waals surface area contributed by atoms with Gasteiger partial charge in [0.05, 0.1) is 10.2 Å². The van der Waals surface area contributed by atoms with E-state index in [1.807, 2.05) is 66.1 Å². The Morgan fingerprint density at radius 1 is 1.00 bits per heavy atom. The smallest absolute Gasteiger partial charge is 0.269 e. The molecule has 0 radical (unpaired) electrons. The van der Waals surface area contributed by atoms with Gasteiger partial charge in [0.15, 0.2) is 11.0 Å². The van der Waals surface area contributed by atoms with Crippen molar-refractivity contribution in [3.8, 4) is 17.1 Å². The maximum Gasteiger partial charge on any atom is 0.269 e. The zero-order valence-corrected chi connectivity index (χ0v) is 18.8. The summed E-state index contributed by atoms with van der Waals surface area (Å²) in [5.74, 6) is 0.444. The molecule has 9 heteroatoms. The van der Waals surface area contributed by atoms with Crippen LogP contribution >= 0.6 is 11.8 Å². The summed E-state index contributed by atoms with van der Waals surface area (Å²) in [5, 5.41) is 22.5. The number of nitro groups is 1. The first kappa shape index (κ1) is 22.2. The van der Waals surface area contributed by atoms with E-state index < -0.39 is 10.2 Å². The molecule has 0 fully saturated rings. The lowest BCUT2D eigenvalue weighted by molar-refractivity contribution is -0.384. The number of hydrogen-bond donors (Lipinski definition) is 1. The van der Waals surface area contributed by atoms with Crippen molar-refractivity contribution in [1.82, 2.24) is 14.8 Å². The standard InChI is InChI=1S/C24H21N5O3S/c1-16-8-10-18(11-9-16)22-26-27-24(28(22)20-6-4-3-5-7-20)33-17(2)23(30)25-19-12-14-21(15-13-19)29(31)32/h3-15,17H,1-2H3,(H,25,30). The van der Waals surface area contributed by atoms with E-state index in [0.29, 0.717) is 16.7 Å². The minimum absolute atomic E-state index is 0.0324. The third-order valence-electron chi connectivity index (χ3n) is 4.95. The summed E-state index contributed by atoms with van der Waals surface area (Å²) in [6.07, 6.45) is 0. The summed E-state index contributed by atoms with van der Waals surface area (Å²) in [6.45, 7) is 3.80. The molecular formula is C24H21N5O3S. The Kier molecular flexibility index (Phi) is 6.50. The number of benzene rings is 3. The van der Waals surface area contributed by atoms with Crippen LogP contribution in [0.1, 0.15) is 12.5 Å². The lowest BCUT2D eigenvalue weighted by atomic mass is 10.1. The average molecular weight is 460 g/mol. The number of nitrogens with one attached hydrogen (secondary N) is 1. The largest absolute Gasteiger partial charge is 0.325 e. The first-order chi connectivity index (χ1) is 15.9. The van der Waals surface area contributed by atoms with Gasteiger partial charge in [-0.2, -0.15) is 0 Å². The monoisotopic (exact) mass is 459 g/mol. The fourth-order valence-corrected chi connectivity index (χ4v) is 4.04. The lowest BCUT2D eigenvalue weighted by Gasteiger charge is -2.14. The number of thioether (sulfide) groups is 1. The van der Waals surface area contributed by atoms with Crippen molar-refractivity contribution >= 4 is 29.0 Å². The molecule has 8 nitrogen and oxygen atoms in total. The molecule has 33 heavy (non-hydrogen) atoms. The number of para-hydroxylation sites is 1. The molecule has 0 aliphatic carbocycles. The highest BCUT2D eigenvalue weighted by molar-refractivity contribution is 8.00. The normalized spacial score (nSPS) is 11.7. The SMILES string of the molecule is Cc1ccc(-c2nnc(SC(C)C(=O)Nc3ccc([N+](=O)[O-])cc3)n2-c2ccccc2)cc1. The zero-order valence-electron chi connectivity index (χ0n) is 18.0. The van der Waals surface area contributed by atoms with Crippen LogP contribution in [0.25, 0.3) is 17.1 Å². The molecule has 1 unspecified atom stereocenters. The molecule has 0 aliphatic rings. The number of anilines is 1. The predicted octanol–water partition coefficient (Wildman–Crippen LogP) is 5.27. The molecule has 1 aromatic heterocycles. The van der Waals surface area contributed by atoms with E-state index in [2.05, 4.69) is 15.5 Å². The molecule has 1 amide bonds. The average Bonchev–Trinajstić information content (AvgIpc) is 3.23. The quantitative estimate of drug-likeness (QED) is 0.229. The molecule has 0 bridgehead atoms. The van der Waals surface area contributed by atoms with Crippen LogP contribution in [0.2, 0.25) is 0 Å². The summed E-state index contributed by atoms with van der Waals surface area (Å²) in [6, 6.07) is 23.5. The molecule has 0 spiro atoms. The number of amides is 1. The van der Waals surface area contributed by atoms with Crippen molar-refractivity contribution in [3.05, 3.63) is 94.5 Å². The van der Waals surface area contributed by atoms with Crippen LogP contribution in [0.4, 0.5) is 11.4 Å². The fourth-order valence-electron chi connectivity index (χ4n) is 3.17. The minimum atomic E-state index is -0.488. The topological polar surface area (TPSA) is 103 Å². The predicted molar refractivity (Wildman–Crippen MR) is 129 cm³/mol. The van der Waals surface area contributed by atoms with Crippen LogP contribution in [0, 0.1) is 17.0 Å². The van der Waals surface area contributed by atoms with E-state index in [1.165, 1.54) is 36.0 Å². The van der Waals surface area contributed by atoms with Crippen molar-refractivity contribution in [2.75, 3.05) is 5.32 Å². The highest BCUT2D eigenvalue weighted by Crippen LogP contribution is 2.30. The number of hydrogen-bond acceptors (Lipinski definition) is 6. The number of aryl methyl sites for hydroxylation is 1. The van der Waals surface area contributed by atoms with Gasteiger partial charge >= 0.3 is 0 Å². The van der Waals surface area contributed by atoms with Gasteiger partial charge in [-0.15, -0.1) is 10.2 Å². The van der Waals surface area contributed by atoms with Gasteiger partial charge < -0.3 is 5.32 Å². The number of non-ortho nitro benzene ring substituents is 1. The van der Waals surface area contributed by atoms with Crippen molar-refractivity contribution in [2.45, 2.75) is 24.3 Å². The van der Waals surface area contributed by atoms with Crippen molar-refractivity contribution in [3.63, 3.8) is 0 Å². The Bertz CT molecular complexity index is 1270. The van der Waals surface area contributed by atoms with Crippen molar-refractivity contribution in [1.29, 1.82) is 0 Å². The maximum atomic E-state index is 12.8. The molecule has 166 valence electrons. The molecule has 4 aromatic rings. The second-order valence-corrected chi connectivity index (χ2v) is 8.70. The molecule has 3 aromatic carbocycles. The van der Waals surface area contributed by atoms with Gasteiger partial charge in [0.25, 0.3) is 5.69 Å². The van der Waals surface area contributed by atoms with E-state index in [0.717, 1.165) is 16.8 Å². The van der Waals surface area contributed by atoms with E-state index in [9.17, 15) is 14.9 Å². The molecule has 0 saturated heterocycles. The van der Waals surface area contributed by atoms with Crippen LogP contribution in [0.3, 0.4) is 0 Å². The fraction of sp³-hybridized carbons (Fsp3) is 0.125. The number of rotatable bonds is 7. The summed E-state index contributed by atoms with van der Waals surface area (Å²) >= 11 is 1.29. The number of carbonyl (C=O) groups excluding carboxylic acids is 1. The Morgan fingerprint density at radius 3 is 2.30 bits per heavy atom. The molecule has 0 saturated carbocycles. The van der Waals surface area contributed by atoms with Crippen LogP contribution in [-0.2, 0) is 4.79 Å². The second-order valence-electron chi connectivity index (χ2n) is 7.40. The van der Waals surface area contributed by atoms with E-state index >= 15 is 0 Å².